The average Bonchev–Trinajstić information content (AvgIpc) is 4.04. The molecular formula is C62H61N3. The van der Waals surface area contributed by atoms with Crippen LogP contribution in [0.4, 0.5) is 0 Å². The Morgan fingerprint density at radius 3 is 0.954 bits per heavy atom. The minimum absolute atomic E-state index is 0.00101. The van der Waals surface area contributed by atoms with Crippen LogP contribution in [0, 0.1) is 0 Å². The van der Waals surface area contributed by atoms with E-state index in [2.05, 4.69) is 214 Å². The zero-order valence-electron chi connectivity index (χ0n) is 41.1. The molecular weight excluding hydrogens is 787 g/mol. The Balaban J connectivity index is 1.27. The van der Waals surface area contributed by atoms with Gasteiger partial charge in [-0.1, -0.05) is 122 Å². The van der Waals surface area contributed by atoms with Crippen LogP contribution >= 0.6 is 0 Å². The summed E-state index contributed by atoms with van der Waals surface area (Å²) in [4.78, 5) is 0. The van der Waals surface area contributed by atoms with Gasteiger partial charge in [-0.25, -0.2) is 0 Å². The monoisotopic (exact) mass is 847 g/mol. The number of hydrogen-bond donors (Lipinski definition) is 0. The lowest BCUT2D eigenvalue weighted by Gasteiger charge is -2.20. The highest BCUT2D eigenvalue weighted by molar-refractivity contribution is 6.37. The van der Waals surface area contributed by atoms with Crippen LogP contribution in [0.3, 0.4) is 0 Å². The summed E-state index contributed by atoms with van der Waals surface area (Å²) in [6.07, 6.45) is 0. The van der Waals surface area contributed by atoms with E-state index in [4.69, 9.17) is 0 Å². The van der Waals surface area contributed by atoms with Crippen molar-refractivity contribution in [3.8, 4) is 0 Å². The van der Waals surface area contributed by atoms with Crippen LogP contribution in [0.25, 0.3) is 114 Å². The molecule has 13 rings (SSSR count). The fourth-order valence-corrected chi connectivity index (χ4v) is 11.9. The highest BCUT2D eigenvalue weighted by atomic mass is 15.0. The Morgan fingerprint density at radius 2 is 0.508 bits per heavy atom. The molecule has 0 aliphatic rings. The predicted molar refractivity (Wildman–Crippen MR) is 284 cm³/mol. The summed E-state index contributed by atoms with van der Waals surface area (Å²) in [5, 5.41) is 16.2. The van der Waals surface area contributed by atoms with E-state index in [1.54, 1.807) is 0 Å². The van der Waals surface area contributed by atoms with Crippen molar-refractivity contribution in [2.45, 2.75) is 131 Å². The largest absolute Gasteiger partial charge is 0.308 e. The Kier molecular flexibility index (Phi) is 7.05. The van der Waals surface area contributed by atoms with Gasteiger partial charge in [-0.2, -0.15) is 0 Å². The van der Waals surface area contributed by atoms with E-state index in [0.29, 0.717) is 0 Å². The Bertz CT molecular complexity index is 4220. The maximum Gasteiger partial charge on any atom is 0.0642 e. The number of fused-ring (bicyclic) bond motifs is 19. The lowest BCUT2D eigenvalue weighted by atomic mass is 9.84. The van der Waals surface area contributed by atoms with Crippen LogP contribution in [0.2, 0.25) is 0 Å². The molecule has 0 spiro atoms. The molecule has 3 nitrogen and oxygen atoms in total. The van der Waals surface area contributed by atoms with Crippen molar-refractivity contribution in [3.05, 3.63) is 125 Å². The lowest BCUT2D eigenvalue weighted by Crippen LogP contribution is -2.11. The molecule has 0 aliphatic carbocycles. The molecule has 0 fully saturated rings. The third-order valence-corrected chi connectivity index (χ3v) is 15.7. The van der Waals surface area contributed by atoms with Gasteiger partial charge in [0.1, 0.15) is 0 Å². The van der Waals surface area contributed by atoms with E-state index in [0.717, 1.165) is 0 Å². The van der Waals surface area contributed by atoms with Gasteiger partial charge in [0.15, 0.2) is 0 Å². The summed E-state index contributed by atoms with van der Waals surface area (Å²) >= 11 is 0. The minimum atomic E-state index is -0.0167. The fourth-order valence-electron chi connectivity index (χ4n) is 11.9. The summed E-state index contributed by atoms with van der Waals surface area (Å²) in [7, 11) is 0. The molecule has 0 amide bonds. The van der Waals surface area contributed by atoms with Crippen LogP contribution in [0.1, 0.15) is 132 Å². The van der Waals surface area contributed by atoms with Gasteiger partial charge in [0.25, 0.3) is 0 Å². The third-order valence-electron chi connectivity index (χ3n) is 15.7. The van der Waals surface area contributed by atoms with E-state index in [1.807, 2.05) is 0 Å². The van der Waals surface area contributed by atoms with Crippen molar-refractivity contribution in [2.24, 2.45) is 0 Å². The van der Waals surface area contributed by atoms with E-state index in [9.17, 15) is 0 Å². The van der Waals surface area contributed by atoms with Crippen molar-refractivity contribution in [3.63, 3.8) is 0 Å². The van der Waals surface area contributed by atoms with Crippen molar-refractivity contribution in [1.82, 2.24) is 13.2 Å². The van der Waals surface area contributed by atoms with Crippen LogP contribution < -0.4 is 0 Å². The second-order valence-corrected chi connectivity index (χ2v) is 25.2. The first-order valence-electron chi connectivity index (χ1n) is 24.0. The topological polar surface area (TPSA) is 13.2 Å². The normalized spacial score (nSPS) is 14.4. The molecule has 7 aromatic carbocycles. The average molecular weight is 848 g/mol. The first kappa shape index (κ1) is 39.3. The fraction of sp³-hybridized carbons (Fsp3) is 0.323. The van der Waals surface area contributed by atoms with E-state index in [1.165, 1.54) is 142 Å². The molecule has 0 unspecified atom stereocenters. The molecule has 0 bridgehead atoms. The molecule has 13 aromatic rings. The molecule has 0 atom stereocenters. The molecule has 324 valence electrons. The van der Waals surface area contributed by atoms with Crippen LogP contribution in [-0.4, -0.2) is 13.2 Å². The lowest BCUT2D eigenvalue weighted by molar-refractivity contribution is 0.590. The van der Waals surface area contributed by atoms with Crippen molar-refractivity contribution in [2.75, 3.05) is 0 Å². The summed E-state index contributed by atoms with van der Waals surface area (Å²) in [5.74, 6) is 0. The van der Waals surface area contributed by atoms with Crippen LogP contribution in [0.5, 0.6) is 0 Å². The molecule has 6 aromatic heterocycles. The second kappa shape index (κ2) is 11.7. The van der Waals surface area contributed by atoms with Gasteiger partial charge in [-0.3, -0.25) is 0 Å². The summed E-state index contributed by atoms with van der Waals surface area (Å²) < 4.78 is 7.89. The number of nitrogens with zero attached hydrogens (tertiary/aromatic N) is 3. The number of rotatable bonds is 0. The highest BCUT2D eigenvalue weighted by Gasteiger charge is 2.31. The molecule has 0 N–H and O–H groups in total. The van der Waals surface area contributed by atoms with E-state index in [-0.39, 0.29) is 27.1 Å². The molecule has 0 aliphatic heterocycles. The molecule has 0 radical (unpaired) electrons. The Labute approximate surface area is 381 Å². The highest BCUT2D eigenvalue weighted by Crippen LogP contribution is 2.52. The molecule has 65 heavy (non-hydrogen) atoms. The number of benzene rings is 7. The maximum absolute atomic E-state index is 2.66. The quantitative estimate of drug-likeness (QED) is 0.144. The van der Waals surface area contributed by atoms with Gasteiger partial charge < -0.3 is 13.2 Å². The Hall–Kier alpha value is -6.06. The summed E-state index contributed by atoms with van der Waals surface area (Å²) in [6.45, 7) is 35.2. The zero-order valence-corrected chi connectivity index (χ0v) is 41.1. The molecule has 3 heteroatoms. The minimum Gasteiger partial charge on any atom is -0.308 e. The maximum atomic E-state index is 2.66. The second-order valence-electron chi connectivity index (χ2n) is 25.2. The number of hydrogen-bond acceptors (Lipinski definition) is 0. The zero-order chi connectivity index (χ0) is 45.6. The van der Waals surface area contributed by atoms with Gasteiger partial charge >= 0.3 is 0 Å². The van der Waals surface area contributed by atoms with Gasteiger partial charge in [0, 0.05) is 64.6 Å². The van der Waals surface area contributed by atoms with Crippen LogP contribution in [0.15, 0.2) is 97.1 Å². The van der Waals surface area contributed by atoms with E-state index < -0.39 is 0 Å². The van der Waals surface area contributed by atoms with Crippen molar-refractivity contribution < 1.29 is 0 Å². The Morgan fingerprint density at radius 1 is 0.231 bits per heavy atom. The smallest absolute Gasteiger partial charge is 0.0642 e. The standard InChI is InChI=1S/C62H61N3/c1-58(2,3)32-16-19-48-37(22-32)41-25-35(61(10,11)12)27-43-39-29-40-45-30-46-44-28-36(62(13,14)15)26-42-38-23-33(59(4,5)6)17-20-49(38)65(55(42)44)57(46)53-47-24-34(60(7,8)9)18-21-50(47)64(56(45)53)52(40)31-51(39)63(48)54(41)43/h16-31H,1-15H3. The van der Waals surface area contributed by atoms with Crippen LogP contribution in [-0.2, 0) is 27.1 Å². The first-order chi connectivity index (χ1) is 30.4. The van der Waals surface area contributed by atoms with Crippen molar-refractivity contribution in [1.29, 1.82) is 0 Å². The first-order valence-corrected chi connectivity index (χ1v) is 24.0. The summed E-state index contributed by atoms with van der Waals surface area (Å²) in [5.41, 5.74) is 18.7. The predicted octanol–water partition coefficient (Wildman–Crippen LogP) is 17.6. The van der Waals surface area contributed by atoms with E-state index >= 15 is 0 Å². The molecule has 0 saturated carbocycles. The number of aromatic nitrogens is 3. The van der Waals surface area contributed by atoms with Gasteiger partial charge in [0.05, 0.1) is 49.7 Å². The van der Waals surface area contributed by atoms with Gasteiger partial charge in [0.2, 0.25) is 0 Å². The molecule has 0 saturated heterocycles. The van der Waals surface area contributed by atoms with Gasteiger partial charge in [-0.05, 0) is 134 Å². The summed E-state index contributed by atoms with van der Waals surface area (Å²) in [6, 6.07) is 39.6. The SMILES string of the molecule is CC(C)(C)c1ccc2c(c1)c1cc(C(C)(C)C)cc3c4cc5c6cc7c8cc(C(C)(C)C)cc9c%10cc(C(C)(C)C)ccc%10n(c98)c7c7c8cc(C(C)(C)C)ccc8n(c5cc4n2c13)c67. The third kappa shape index (κ3) is 4.97. The van der Waals surface area contributed by atoms with Gasteiger partial charge in [-0.15, -0.1) is 0 Å². The molecule has 6 heterocycles. The van der Waals surface area contributed by atoms with Crippen molar-refractivity contribution >= 4 is 114 Å².